The SMILES string of the molecule is CN=C(NCC1CCCO1)NCC(Cc1ccccc1)N(C)C. The lowest BCUT2D eigenvalue weighted by Crippen LogP contribution is -2.47. The van der Waals surface area contributed by atoms with Crippen LogP contribution in [-0.4, -0.2) is 63.8 Å². The lowest BCUT2D eigenvalue weighted by atomic mass is 10.1. The Kier molecular flexibility index (Phi) is 7.36. The van der Waals surface area contributed by atoms with Gasteiger partial charge in [-0.1, -0.05) is 30.3 Å². The van der Waals surface area contributed by atoms with Crippen molar-refractivity contribution in [2.24, 2.45) is 4.99 Å². The fourth-order valence-corrected chi connectivity index (χ4v) is 2.77. The highest BCUT2D eigenvalue weighted by Crippen LogP contribution is 2.10. The number of hydrogen-bond acceptors (Lipinski definition) is 3. The molecule has 0 bridgehead atoms. The summed E-state index contributed by atoms with van der Waals surface area (Å²) in [6.45, 7) is 2.57. The quantitative estimate of drug-likeness (QED) is 0.591. The van der Waals surface area contributed by atoms with Crippen molar-refractivity contribution in [3.05, 3.63) is 35.9 Å². The molecule has 1 aliphatic rings. The molecule has 0 radical (unpaired) electrons. The van der Waals surface area contributed by atoms with Crippen molar-refractivity contribution >= 4 is 5.96 Å². The van der Waals surface area contributed by atoms with Crippen molar-refractivity contribution in [1.82, 2.24) is 15.5 Å². The van der Waals surface area contributed by atoms with Gasteiger partial charge in [-0.15, -0.1) is 0 Å². The van der Waals surface area contributed by atoms with Crippen LogP contribution >= 0.6 is 0 Å². The van der Waals surface area contributed by atoms with Crippen molar-refractivity contribution < 1.29 is 4.74 Å². The molecule has 1 saturated heterocycles. The van der Waals surface area contributed by atoms with Crippen LogP contribution in [0.1, 0.15) is 18.4 Å². The first-order valence-electron chi connectivity index (χ1n) is 8.45. The maximum atomic E-state index is 5.64. The zero-order chi connectivity index (χ0) is 16.5. The number of ether oxygens (including phenoxy) is 1. The predicted molar refractivity (Wildman–Crippen MR) is 96.0 cm³/mol. The standard InChI is InChI=1S/C18H30N4O/c1-19-18(21-14-17-10-7-11-23-17)20-13-16(22(2)3)12-15-8-5-4-6-9-15/h4-6,8-9,16-17H,7,10-14H2,1-3H3,(H2,19,20,21). The lowest BCUT2D eigenvalue weighted by molar-refractivity contribution is 0.113. The van der Waals surface area contributed by atoms with Gasteiger partial charge in [0.25, 0.3) is 0 Å². The molecule has 0 aliphatic carbocycles. The van der Waals surface area contributed by atoms with Crippen molar-refractivity contribution in [2.75, 3.05) is 40.8 Å². The van der Waals surface area contributed by atoms with Crippen LogP contribution in [0.25, 0.3) is 0 Å². The Morgan fingerprint density at radius 1 is 1.30 bits per heavy atom. The van der Waals surface area contributed by atoms with E-state index >= 15 is 0 Å². The topological polar surface area (TPSA) is 48.9 Å². The smallest absolute Gasteiger partial charge is 0.191 e. The van der Waals surface area contributed by atoms with Crippen LogP contribution in [0.4, 0.5) is 0 Å². The molecule has 2 rings (SSSR count). The number of nitrogens with one attached hydrogen (secondary N) is 2. The van der Waals surface area contributed by atoms with Gasteiger partial charge in [0.15, 0.2) is 5.96 Å². The molecule has 5 nitrogen and oxygen atoms in total. The summed E-state index contributed by atoms with van der Waals surface area (Å²) in [5.41, 5.74) is 1.36. The third kappa shape index (κ3) is 6.20. The second kappa shape index (κ2) is 9.53. The van der Waals surface area contributed by atoms with Crippen LogP contribution < -0.4 is 10.6 Å². The van der Waals surface area contributed by atoms with Crippen molar-refractivity contribution in [3.8, 4) is 0 Å². The van der Waals surface area contributed by atoms with Crippen LogP contribution in [-0.2, 0) is 11.2 Å². The summed E-state index contributed by atoms with van der Waals surface area (Å²) in [7, 11) is 6.06. The van der Waals surface area contributed by atoms with Crippen molar-refractivity contribution in [2.45, 2.75) is 31.4 Å². The van der Waals surface area contributed by atoms with Crippen LogP contribution in [0.3, 0.4) is 0 Å². The lowest BCUT2D eigenvalue weighted by Gasteiger charge is -2.26. The van der Waals surface area contributed by atoms with E-state index in [9.17, 15) is 0 Å². The number of aliphatic imine (C=N–C) groups is 1. The number of nitrogens with zero attached hydrogens (tertiary/aromatic N) is 2. The fraction of sp³-hybridized carbons (Fsp3) is 0.611. The van der Waals surface area contributed by atoms with E-state index in [1.54, 1.807) is 0 Å². The van der Waals surface area contributed by atoms with Crippen LogP contribution in [0.15, 0.2) is 35.3 Å². The molecule has 1 aliphatic heterocycles. The minimum Gasteiger partial charge on any atom is -0.376 e. The highest BCUT2D eigenvalue weighted by atomic mass is 16.5. The van der Waals surface area contributed by atoms with E-state index in [1.807, 2.05) is 7.05 Å². The molecule has 2 N–H and O–H groups in total. The average Bonchev–Trinajstić information content (AvgIpc) is 3.08. The summed E-state index contributed by atoms with van der Waals surface area (Å²) in [6, 6.07) is 11.0. The van der Waals surface area contributed by atoms with Gasteiger partial charge in [0.05, 0.1) is 6.10 Å². The molecule has 1 aromatic rings. The van der Waals surface area contributed by atoms with Gasteiger partial charge >= 0.3 is 0 Å². The molecule has 5 heteroatoms. The molecular formula is C18H30N4O. The molecule has 23 heavy (non-hydrogen) atoms. The molecular weight excluding hydrogens is 288 g/mol. The summed E-state index contributed by atoms with van der Waals surface area (Å²) in [5, 5.41) is 6.80. The van der Waals surface area contributed by atoms with Gasteiger partial charge in [-0.3, -0.25) is 4.99 Å². The average molecular weight is 318 g/mol. The summed E-state index contributed by atoms with van der Waals surface area (Å²) >= 11 is 0. The highest BCUT2D eigenvalue weighted by Gasteiger charge is 2.16. The third-order valence-corrected chi connectivity index (χ3v) is 4.29. The van der Waals surface area contributed by atoms with Gasteiger partial charge in [0.2, 0.25) is 0 Å². The largest absolute Gasteiger partial charge is 0.376 e. The van der Waals surface area contributed by atoms with Gasteiger partial charge < -0.3 is 20.3 Å². The summed E-state index contributed by atoms with van der Waals surface area (Å²) in [6.07, 6.45) is 3.64. The van der Waals surface area contributed by atoms with E-state index < -0.39 is 0 Å². The number of hydrogen-bond donors (Lipinski definition) is 2. The molecule has 1 fully saturated rings. The van der Waals surface area contributed by atoms with Crippen molar-refractivity contribution in [3.63, 3.8) is 0 Å². The molecule has 1 heterocycles. The normalized spacial score (nSPS) is 19.8. The molecule has 2 atom stereocenters. The zero-order valence-electron chi connectivity index (χ0n) is 14.6. The Balaban J connectivity index is 1.79. The van der Waals surface area contributed by atoms with Crippen LogP contribution in [0.5, 0.6) is 0 Å². The number of guanidine groups is 1. The molecule has 0 saturated carbocycles. The van der Waals surface area contributed by atoms with E-state index in [4.69, 9.17) is 4.74 Å². The molecule has 128 valence electrons. The number of benzene rings is 1. The van der Waals surface area contributed by atoms with E-state index in [0.717, 1.165) is 44.9 Å². The van der Waals surface area contributed by atoms with Gasteiger partial charge in [0.1, 0.15) is 0 Å². The Hall–Kier alpha value is -1.59. The predicted octanol–water partition coefficient (Wildman–Crippen LogP) is 1.50. The second-order valence-electron chi connectivity index (χ2n) is 6.28. The van der Waals surface area contributed by atoms with E-state index in [2.05, 4.69) is 65.0 Å². The van der Waals surface area contributed by atoms with Gasteiger partial charge in [-0.25, -0.2) is 0 Å². The first-order valence-corrected chi connectivity index (χ1v) is 8.45. The summed E-state index contributed by atoms with van der Waals surface area (Å²) in [4.78, 5) is 6.56. The maximum absolute atomic E-state index is 5.64. The Labute approximate surface area is 140 Å². The van der Waals surface area contributed by atoms with E-state index in [-0.39, 0.29) is 0 Å². The zero-order valence-corrected chi connectivity index (χ0v) is 14.6. The first-order chi connectivity index (χ1) is 11.2. The Bertz CT molecular complexity index is 469. The highest BCUT2D eigenvalue weighted by molar-refractivity contribution is 5.79. The van der Waals surface area contributed by atoms with Gasteiger partial charge in [-0.05, 0) is 38.9 Å². The minimum absolute atomic E-state index is 0.322. The molecule has 0 spiro atoms. The van der Waals surface area contributed by atoms with Crippen LogP contribution in [0.2, 0.25) is 0 Å². The van der Waals surface area contributed by atoms with Crippen LogP contribution in [0, 0.1) is 0 Å². The monoisotopic (exact) mass is 318 g/mol. The van der Waals surface area contributed by atoms with Gasteiger partial charge in [0, 0.05) is 32.8 Å². The summed E-state index contributed by atoms with van der Waals surface area (Å²) in [5.74, 6) is 0.848. The molecule has 0 aromatic heterocycles. The second-order valence-corrected chi connectivity index (χ2v) is 6.28. The number of likely N-dealkylation sites (N-methyl/N-ethyl adjacent to an activating group) is 1. The number of rotatable bonds is 7. The maximum Gasteiger partial charge on any atom is 0.191 e. The fourth-order valence-electron chi connectivity index (χ4n) is 2.77. The molecule has 0 amide bonds. The molecule has 2 unspecified atom stereocenters. The Morgan fingerprint density at radius 2 is 2.09 bits per heavy atom. The first kappa shape index (κ1) is 17.8. The van der Waals surface area contributed by atoms with E-state index in [0.29, 0.717) is 12.1 Å². The third-order valence-electron chi connectivity index (χ3n) is 4.29. The molecule has 1 aromatic carbocycles. The summed E-state index contributed by atoms with van der Waals surface area (Å²) < 4.78 is 5.64. The van der Waals surface area contributed by atoms with Gasteiger partial charge in [-0.2, -0.15) is 0 Å². The Morgan fingerprint density at radius 3 is 2.70 bits per heavy atom. The van der Waals surface area contributed by atoms with Crippen molar-refractivity contribution in [1.29, 1.82) is 0 Å². The van der Waals surface area contributed by atoms with E-state index in [1.165, 1.54) is 5.56 Å². The minimum atomic E-state index is 0.322.